The van der Waals surface area contributed by atoms with Gasteiger partial charge in [0.1, 0.15) is 18.5 Å². The fraction of sp³-hybridized carbons (Fsp3) is 0.419. The van der Waals surface area contributed by atoms with Gasteiger partial charge in [0.05, 0.1) is 25.2 Å². The molecule has 38 heavy (non-hydrogen) atoms. The van der Waals surface area contributed by atoms with Crippen molar-refractivity contribution in [2.75, 3.05) is 26.9 Å². The average Bonchev–Trinajstić information content (AvgIpc) is 2.93. The number of allylic oxidation sites excluding steroid dienone is 2. The molecular formula is C31H41NO6. The Hall–Kier alpha value is -3.42. The van der Waals surface area contributed by atoms with E-state index < -0.39 is 12.1 Å². The lowest BCUT2D eigenvalue weighted by Gasteiger charge is -2.38. The second-order valence-corrected chi connectivity index (χ2v) is 9.32. The molecule has 7 heteroatoms. The lowest BCUT2D eigenvalue weighted by molar-refractivity contribution is -0.163. The van der Waals surface area contributed by atoms with Gasteiger partial charge < -0.3 is 24.2 Å². The molecule has 2 aromatic rings. The molecule has 0 aliphatic carbocycles. The van der Waals surface area contributed by atoms with Gasteiger partial charge >= 0.3 is 5.97 Å². The number of hydrogen-bond donors (Lipinski definition) is 1. The number of benzene rings is 2. The van der Waals surface area contributed by atoms with Gasteiger partial charge in [-0.2, -0.15) is 0 Å². The Labute approximate surface area is 226 Å². The molecule has 0 fully saturated rings. The van der Waals surface area contributed by atoms with Crippen molar-refractivity contribution < 1.29 is 28.9 Å². The number of hydrogen-bond acceptors (Lipinski definition) is 6. The Morgan fingerprint density at radius 3 is 2.18 bits per heavy atom. The summed E-state index contributed by atoms with van der Waals surface area (Å²) in [5.74, 6) is -0.537. The predicted octanol–water partition coefficient (Wildman–Crippen LogP) is 5.11. The first-order valence-electron chi connectivity index (χ1n) is 12.9. The smallest absolute Gasteiger partial charge is 0.309 e. The van der Waals surface area contributed by atoms with E-state index in [1.165, 1.54) is 0 Å². The number of esters is 1. The van der Waals surface area contributed by atoms with Crippen LogP contribution < -0.4 is 4.74 Å². The zero-order valence-electron chi connectivity index (χ0n) is 22.8. The summed E-state index contributed by atoms with van der Waals surface area (Å²) in [4.78, 5) is 28.7. The van der Waals surface area contributed by atoms with Gasteiger partial charge in [-0.25, -0.2) is 0 Å². The van der Waals surface area contributed by atoms with E-state index in [1.54, 1.807) is 43.2 Å². The predicted molar refractivity (Wildman–Crippen MR) is 148 cm³/mol. The van der Waals surface area contributed by atoms with E-state index in [-0.39, 0.29) is 50.1 Å². The van der Waals surface area contributed by atoms with Gasteiger partial charge in [-0.3, -0.25) is 9.59 Å². The first-order valence-corrected chi connectivity index (χ1v) is 12.9. The van der Waals surface area contributed by atoms with Crippen LogP contribution in [0.5, 0.6) is 5.75 Å². The second kappa shape index (κ2) is 16.4. The summed E-state index contributed by atoms with van der Waals surface area (Å²) >= 11 is 0. The highest BCUT2D eigenvalue weighted by molar-refractivity contribution is 5.79. The maximum atomic E-state index is 13.8. The third-order valence-corrected chi connectivity index (χ3v) is 6.24. The minimum absolute atomic E-state index is 0.0745. The van der Waals surface area contributed by atoms with Crippen molar-refractivity contribution in [2.45, 2.75) is 45.4 Å². The van der Waals surface area contributed by atoms with Crippen LogP contribution in [0.1, 0.15) is 43.9 Å². The van der Waals surface area contributed by atoms with Crippen LogP contribution in [0.2, 0.25) is 0 Å². The molecule has 0 saturated carbocycles. The summed E-state index contributed by atoms with van der Waals surface area (Å²) in [5, 5.41) is 9.01. The number of amides is 1. The number of carbonyl (C=O) groups excluding carboxylic acids is 2. The van der Waals surface area contributed by atoms with Gasteiger partial charge in [0, 0.05) is 19.6 Å². The van der Waals surface area contributed by atoms with Crippen molar-refractivity contribution in [1.82, 2.24) is 4.90 Å². The van der Waals surface area contributed by atoms with Crippen molar-refractivity contribution in [3.63, 3.8) is 0 Å². The zero-order chi connectivity index (χ0) is 27.9. The molecular weight excluding hydrogens is 482 g/mol. The Balaban J connectivity index is 2.51. The summed E-state index contributed by atoms with van der Waals surface area (Å²) < 4.78 is 17.2. The molecule has 0 heterocycles. The van der Waals surface area contributed by atoms with Gasteiger partial charge in [0.2, 0.25) is 5.91 Å². The van der Waals surface area contributed by atoms with Gasteiger partial charge in [0.25, 0.3) is 0 Å². The molecule has 2 aromatic carbocycles. The molecule has 0 spiro atoms. The maximum absolute atomic E-state index is 13.8. The molecule has 0 unspecified atom stereocenters. The molecule has 206 valence electrons. The van der Waals surface area contributed by atoms with E-state index in [0.717, 1.165) is 11.1 Å². The lowest BCUT2D eigenvalue weighted by atomic mass is 9.97. The van der Waals surface area contributed by atoms with E-state index in [1.807, 2.05) is 49.4 Å². The van der Waals surface area contributed by atoms with E-state index in [0.29, 0.717) is 18.6 Å². The first-order chi connectivity index (χ1) is 18.4. The molecule has 1 amide bonds. The Morgan fingerprint density at radius 1 is 0.974 bits per heavy atom. The summed E-state index contributed by atoms with van der Waals surface area (Å²) in [6, 6.07) is 16.2. The Morgan fingerprint density at radius 2 is 1.61 bits per heavy atom. The quantitative estimate of drug-likeness (QED) is 0.229. The molecule has 7 nitrogen and oxygen atoms in total. The molecule has 0 radical (unpaired) electrons. The highest BCUT2D eigenvalue weighted by Crippen LogP contribution is 2.30. The zero-order valence-corrected chi connectivity index (χ0v) is 22.8. The van der Waals surface area contributed by atoms with Crippen LogP contribution in [0.25, 0.3) is 0 Å². The maximum Gasteiger partial charge on any atom is 0.309 e. The first kappa shape index (κ1) is 30.8. The SMILES string of the molecule is C=CC[C@H](C)C(=O)O[C@@H](c1ccccc1)[C@H](COC)N(Cc1ccc(OCCO)cc1)C(=O)[C@@H](C)CC=C. The van der Waals surface area contributed by atoms with Crippen LogP contribution in [-0.2, 0) is 25.6 Å². The second-order valence-electron chi connectivity index (χ2n) is 9.32. The van der Waals surface area contributed by atoms with Crippen LogP contribution in [0.3, 0.4) is 0 Å². The fourth-order valence-corrected chi connectivity index (χ4v) is 4.15. The van der Waals surface area contributed by atoms with E-state index in [4.69, 9.17) is 19.3 Å². The van der Waals surface area contributed by atoms with Crippen LogP contribution in [0.15, 0.2) is 79.9 Å². The van der Waals surface area contributed by atoms with Gasteiger partial charge in [-0.05, 0) is 36.1 Å². The molecule has 0 aromatic heterocycles. The Kier molecular flexibility index (Phi) is 13.3. The lowest BCUT2D eigenvalue weighted by Crippen LogP contribution is -2.49. The van der Waals surface area contributed by atoms with Crippen molar-refractivity contribution in [3.8, 4) is 5.75 Å². The monoisotopic (exact) mass is 523 g/mol. The molecule has 4 atom stereocenters. The third kappa shape index (κ3) is 9.15. The molecule has 2 rings (SSSR count). The van der Waals surface area contributed by atoms with E-state index in [2.05, 4.69) is 13.2 Å². The van der Waals surface area contributed by atoms with Crippen molar-refractivity contribution in [2.24, 2.45) is 11.8 Å². The number of ether oxygens (including phenoxy) is 3. The summed E-state index contributed by atoms with van der Waals surface area (Å²) in [7, 11) is 1.57. The summed E-state index contributed by atoms with van der Waals surface area (Å²) in [6.45, 7) is 11.8. The van der Waals surface area contributed by atoms with Crippen molar-refractivity contribution >= 4 is 11.9 Å². The highest BCUT2D eigenvalue weighted by Gasteiger charge is 2.36. The van der Waals surface area contributed by atoms with Crippen molar-refractivity contribution in [3.05, 3.63) is 91.0 Å². The number of aliphatic hydroxyl groups is 1. The van der Waals surface area contributed by atoms with Gasteiger partial charge in [0.15, 0.2) is 0 Å². The number of nitrogens with zero attached hydrogens (tertiary/aromatic N) is 1. The normalized spacial score (nSPS) is 14.0. The summed E-state index contributed by atoms with van der Waals surface area (Å²) in [6.07, 6.45) is 3.67. The van der Waals surface area contributed by atoms with E-state index >= 15 is 0 Å². The van der Waals surface area contributed by atoms with Gasteiger partial charge in [-0.1, -0.05) is 68.5 Å². The van der Waals surface area contributed by atoms with Crippen LogP contribution in [0.4, 0.5) is 0 Å². The molecule has 0 saturated heterocycles. The standard InChI is InChI=1S/C31H41NO6/c1-6-11-23(3)30(34)32(21-25-15-17-27(18-16-25)37-20-19-33)28(22-36-5)29(26-13-9-8-10-14-26)38-31(35)24(4)12-7-2/h6-10,13-18,23-24,28-29,33H,1-2,11-12,19-22H2,3-5H3/t23-,24-,28-,29-/m0/s1. The van der Waals surface area contributed by atoms with Gasteiger partial charge in [-0.15, -0.1) is 13.2 Å². The molecule has 1 N–H and O–H groups in total. The van der Waals surface area contributed by atoms with Crippen LogP contribution in [-0.4, -0.2) is 54.9 Å². The summed E-state index contributed by atoms with van der Waals surface area (Å²) in [5.41, 5.74) is 1.65. The Bertz CT molecular complexity index is 1010. The number of rotatable bonds is 17. The largest absolute Gasteiger partial charge is 0.491 e. The van der Waals surface area contributed by atoms with Crippen molar-refractivity contribution in [1.29, 1.82) is 0 Å². The van der Waals surface area contributed by atoms with E-state index in [9.17, 15) is 9.59 Å². The van der Waals surface area contributed by atoms with Crippen LogP contribution in [0, 0.1) is 11.8 Å². The molecule has 0 bridgehead atoms. The minimum Gasteiger partial charge on any atom is -0.491 e. The molecule has 0 aliphatic heterocycles. The third-order valence-electron chi connectivity index (χ3n) is 6.24. The fourth-order valence-electron chi connectivity index (χ4n) is 4.15. The van der Waals surface area contributed by atoms with Crippen LogP contribution >= 0.6 is 0 Å². The number of methoxy groups -OCH3 is 1. The number of carbonyl (C=O) groups is 2. The highest BCUT2D eigenvalue weighted by atomic mass is 16.5. The average molecular weight is 524 g/mol. The number of aliphatic hydroxyl groups excluding tert-OH is 1. The minimum atomic E-state index is -0.747. The topological polar surface area (TPSA) is 85.3 Å². The molecule has 0 aliphatic rings.